The second kappa shape index (κ2) is 6.06. The Bertz CT molecular complexity index is 463. The molecule has 0 saturated heterocycles. The average molecular weight is 265 g/mol. The lowest BCUT2D eigenvalue weighted by Gasteiger charge is -2.14. The summed E-state index contributed by atoms with van der Waals surface area (Å²) in [6.07, 6.45) is 0. The van der Waals surface area contributed by atoms with E-state index in [4.69, 9.17) is 0 Å². The van der Waals surface area contributed by atoms with Crippen LogP contribution >= 0.6 is 11.3 Å². The third-order valence-corrected chi connectivity index (χ3v) is 3.42. The fraction of sp³-hybridized carbons (Fsp3) is 0.583. The van der Waals surface area contributed by atoms with Gasteiger partial charge in [-0.3, -0.25) is 0 Å². The van der Waals surface area contributed by atoms with Crippen molar-refractivity contribution < 1.29 is 0 Å². The fourth-order valence-electron chi connectivity index (χ4n) is 1.69. The molecular weight excluding hydrogens is 246 g/mol. The van der Waals surface area contributed by atoms with Gasteiger partial charge < -0.3 is 5.32 Å². The van der Waals surface area contributed by atoms with Crippen LogP contribution in [0.25, 0.3) is 0 Å². The van der Waals surface area contributed by atoms with E-state index in [1.54, 1.807) is 11.3 Å². The van der Waals surface area contributed by atoms with Crippen molar-refractivity contribution in [2.45, 2.75) is 33.4 Å². The molecule has 0 bridgehead atoms. The molecule has 0 aliphatic heterocycles. The number of nitrogens with one attached hydrogen (secondary N) is 1. The van der Waals surface area contributed by atoms with Crippen molar-refractivity contribution in [3.8, 4) is 0 Å². The molecule has 5 nitrogen and oxygen atoms in total. The molecule has 2 rings (SSSR count). The van der Waals surface area contributed by atoms with Crippen molar-refractivity contribution in [1.82, 2.24) is 25.5 Å². The number of hydrogen-bond acceptors (Lipinski definition) is 5. The minimum Gasteiger partial charge on any atom is -0.307 e. The van der Waals surface area contributed by atoms with Gasteiger partial charge in [-0.2, -0.15) is 11.3 Å². The molecule has 0 spiro atoms. The predicted octanol–water partition coefficient (Wildman–Crippen LogP) is 2.09. The maximum Gasteiger partial charge on any atom is 0.168 e. The van der Waals surface area contributed by atoms with E-state index < -0.39 is 0 Å². The highest BCUT2D eigenvalue weighted by molar-refractivity contribution is 7.07. The number of hydrogen-bond donors (Lipinski definition) is 1. The average Bonchev–Trinajstić information content (AvgIpc) is 2.97. The second-order valence-electron chi connectivity index (χ2n) is 4.85. The summed E-state index contributed by atoms with van der Waals surface area (Å²) >= 11 is 1.69. The minimum atomic E-state index is 0.168. The van der Waals surface area contributed by atoms with Gasteiger partial charge in [-0.25, -0.2) is 4.68 Å². The van der Waals surface area contributed by atoms with Crippen LogP contribution in [0.4, 0.5) is 0 Å². The lowest BCUT2D eigenvalue weighted by atomic mass is 10.2. The van der Waals surface area contributed by atoms with E-state index in [2.05, 4.69) is 58.4 Å². The zero-order valence-corrected chi connectivity index (χ0v) is 11.8. The van der Waals surface area contributed by atoms with Gasteiger partial charge in [0.2, 0.25) is 0 Å². The van der Waals surface area contributed by atoms with Gasteiger partial charge in [0.05, 0.1) is 12.6 Å². The first kappa shape index (κ1) is 13.2. The zero-order chi connectivity index (χ0) is 13.0. The van der Waals surface area contributed by atoms with Gasteiger partial charge in [0.1, 0.15) is 0 Å². The van der Waals surface area contributed by atoms with E-state index >= 15 is 0 Å². The Hall–Kier alpha value is -1.27. The Morgan fingerprint density at radius 1 is 1.39 bits per heavy atom. The summed E-state index contributed by atoms with van der Waals surface area (Å²) in [5.74, 6) is 1.51. The monoisotopic (exact) mass is 265 g/mol. The zero-order valence-electron chi connectivity index (χ0n) is 11.0. The normalized spacial score (nSPS) is 13.1. The molecule has 2 aromatic heterocycles. The number of aromatic nitrogens is 4. The third-order valence-electron chi connectivity index (χ3n) is 2.69. The maximum atomic E-state index is 4.12. The van der Waals surface area contributed by atoms with E-state index in [0.29, 0.717) is 5.92 Å². The summed E-state index contributed by atoms with van der Waals surface area (Å²) in [7, 11) is 0. The molecule has 18 heavy (non-hydrogen) atoms. The molecule has 0 aromatic carbocycles. The quantitative estimate of drug-likeness (QED) is 0.869. The van der Waals surface area contributed by atoms with Gasteiger partial charge in [-0.15, -0.1) is 5.10 Å². The highest BCUT2D eigenvalue weighted by atomic mass is 32.1. The topological polar surface area (TPSA) is 55.6 Å². The van der Waals surface area contributed by atoms with Crippen LogP contribution in [0.2, 0.25) is 0 Å². The molecule has 0 amide bonds. The van der Waals surface area contributed by atoms with Gasteiger partial charge in [-0.05, 0) is 52.2 Å². The first-order chi connectivity index (χ1) is 8.66. The standard InChI is InChI=1S/C12H19N5S/c1-9(2)6-13-10(3)12-14-15-16-17(12)7-11-4-5-18-8-11/h4-5,8-10,13H,6-7H2,1-3H3. The molecule has 1 unspecified atom stereocenters. The molecule has 98 valence electrons. The van der Waals surface area contributed by atoms with Gasteiger partial charge in [0, 0.05) is 0 Å². The summed E-state index contributed by atoms with van der Waals surface area (Å²) in [5.41, 5.74) is 1.24. The lowest BCUT2D eigenvalue weighted by molar-refractivity contribution is 0.461. The Morgan fingerprint density at radius 3 is 2.89 bits per heavy atom. The summed E-state index contributed by atoms with van der Waals surface area (Å²) in [5, 5.41) is 19.6. The first-order valence-electron chi connectivity index (χ1n) is 6.17. The molecule has 6 heteroatoms. The van der Waals surface area contributed by atoms with Crippen molar-refractivity contribution in [3.05, 3.63) is 28.2 Å². The maximum absolute atomic E-state index is 4.12. The molecule has 0 fully saturated rings. The van der Waals surface area contributed by atoms with E-state index in [1.807, 2.05) is 4.68 Å². The summed E-state index contributed by atoms with van der Waals surface area (Å²) < 4.78 is 1.86. The first-order valence-corrected chi connectivity index (χ1v) is 7.11. The van der Waals surface area contributed by atoms with Crippen molar-refractivity contribution in [2.24, 2.45) is 5.92 Å². The molecule has 1 N–H and O–H groups in total. The Balaban J connectivity index is 2.02. The van der Waals surface area contributed by atoms with E-state index in [1.165, 1.54) is 5.56 Å². The number of rotatable bonds is 6. The molecule has 0 aliphatic carbocycles. The van der Waals surface area contributed by atoms with Crippen LogP contribution in [0.5, 0.6) is 0 Å². The number of thiophene rings is 1. The Morgan fingerprint density at radius 2 is 2.22 bits per heavy atom. The van der Waals surface area contributed by atoms with Crippen LogP contribution < -0.4 is 5.32 Å². The molecular formula is C12H19N5S. The van der Waals surface area contributed by atoms with Crippen LogP contribution in [0.3, 0.4) is 0 Å². The van der Waals surface area contributed by atoms with E-state index in [0.717, 1.165) is 18.9 Å². The largest absolute Gasteiger partial charge is 0.307 e. The van der Waals surface area contributed by atoms with Crippen molar-refractivity contribution in [3.63, 3.8) is 0 Å². The van der Waals surface area contributed by atoms with Crippen molar-refractivity contribution in [2.75, 3.05) is 6.54 Å². The number of tetrazole rings is 1. The van der Waals surface area contributed by atoms with Gasteiger partial charge in [0.15, 0.2) is 5.82 Å². The molecule has 0 aliphatic rings. The van der Waals surface area contributed by atoms with E-state index in [-0.39, 0.29) is 6.04 Å². The van der Waals surface area contributed by atoms with Crippen molar-refractivity contribution in [1.29, 1.82) is 0 Å². The van der Waals surface area contributed by atoms with Gasteiger partial charge >= 0.3 is 0 Å². The van der Waals surface area contributed by atoms with Crippen LogP contribution in [0.15, 0.2) is 16.8 Å². The van der Waals surface area contributed by atoms with Crippen molar-refractivity contribution >= 4 is 11.3 Å². The molecule has 0 radical (unpaired) electrons. The molecule has 1 atom stereocenters. The van der Waals surface area contributed by atoms with Crippen LogP contribution in [-0.2, 0) is 6.54 Å². The lowest BCUT2D eigenvalue weighted by Crippen LogP contribution is -2.26. The number of nitrogens with zero attached hydrogens (tertiary/aromatic N) is 4. The second-order valence-corrected chi connectivity index (χ2v) is 5.63. The van der Waals surface area contributed by atoms with Crippen LogP contribution in [-0.4, -0.2) is 26.8 Å². The summed E-state index contributed by atoms with van der Waals surface area (Å²) in [4.78, 5) is 0. The highest BCUT2D eigenvalue weighted by Gasteiger charge is 2.14. The minimum absolute atomic E-state index is 0.168. The van der Waals surface area contributed by atoms with E-state index in [9.17, 15) is 0 Å². The third kappa shape index (κ3) is 3.36. The van der Waals surface area contributed by atoms with Crippen LogP contribution in [0, 0.1) is 5.92 Å². The summed E-state index contributed by atoms with van der Waals surface area (Å²) in [6.45, 7) is 8.17. The Labute approximate surface area is 111 Å². The fourth-order valence-corrected chi connectivity index (χ4v) is 2.35. The Kier molecular flexibility index (Phi) is 4.43. The van der Waals surface area contributed by atoms with Gasteiger partial charge in [-0.1, -0.05) is 13.8 Å². The predicted molar refractivity (Wildman–Crippen MR) is 72.5 cm³/mol. The van der Waals surface area contributed by atoms with Crippen LogP contribution in [0.1, 0.15) is 38.2 Å². The smallest absolute Gasteiger partial charge is 0.168 e. The SMILES string of the molecule is CC(C)CNC(C)c1nnnn1Cc1ccsc1. The van der Waals surface area contributed by atoms with Gasteiger partial charge in [0.25, 0.3) is 0 Å². The highest BCUT2D eigenvalue weighted by Crippen LogP contribution is 2.12. The summed E-state index contributed by atoms with van der Waals surface area (Å²) in [6, 6.07) is 2.27. The molecule has 2 aromatic rings. The molecule has 0 saturated carbocycles. The molecule has 2 heterocycles.